The molecule has 0 aliphatic heterocycles. The number of carbonyl (C=O) groups is 1. The molecule has 0 saturated carbocycles. The second kappa shape index (κ2) is 11.0. The Hall–Kier alpha value is -3.32. The summed E-state index contributed by atoms with van der Waals surface area (Å²) in [6.45, 7) is 2.81. The Balaban J connectivity index is 1.51. The molecule has 6 nitrogen and oxygen atoms in total. The SMILES string of the molecule is Cc1ccc(OCCOc2ccc(Br)cc2/C=N/NC(=O)Nc2ccccc2)cc1. The first-order valence-corrected chi connectivity index (χ1v) is 10.2. The van der Waals surface area contributed by atoms with E-state index in [9.17, 15) is 4.79 Å². The summed E-state index contributed by atoms with van der Waals surface area (Å²) in [5, 5.41) is 6.70. The Morgan fingerprint density at radius 3 is 2.50 bits per heavy atom. The fraction of sp³-hybridized carbons (Fsp3) is 0.130. The van der Waals surface area contributed by atoms with Gasteiger partial charge in [-0.3, -0.25) is 0 Å². The average molecular weight is 468 g/mol. The normalized spacial score (nSPS) is 10.6. The van der Waals surface area contributed by atoms with Gasteiger partial charge in [-0.05, 0) is 49.4 Å². The Kier molecular flexibility index (Phi) is 7.86. The molecule has 0 aliphatic carbocycles. The summed E-state index contributed by atoms with van der Waals surface area (Å²) >= 11 is 3.44. The molecule has 0 radical (unpaired) electrons. The standard InChI is InChI=1S/C23H22BrN3O3/c1-17-7-10-21(11-8-17)29-13-14-30-22-12-9-19(24)15-18(22)16-25-27-23(28)26-20-5-3-2-4-6-20/h2-12,15-16H,13-14H2,1H3,(H2,26,27,28)/b25-16+. The molecule has 30 heavy (non-hydrogen) atoms. The van der Waals surface area contributed by atoms with Crippen LogP contribution in [0.15, 0.2) is 82.4 Å². The van der Waals surface area contributed by atoms with Gasteiger partial charge >= 0.3 is 6.03 Å². The first-order valence-electron chi connectivity index (χ1n) is 9.37. The van der Waals surface area contributed by atoms with Crippen LogP contribution in [-0.4, -0.2) is 25.5 Å². The molecule has 2 amide bonds. The molecule has 0 unspecified atom stereocenters. The van der Waals surface area contributed by atoms with Crippen LogP contribution in [0.4, 0.5) is 10.5 Å². The van der Waals surface area contributed by atoms with E-state index in [2.05, 4.69) is 31.8 Å². The fourth-order valence-corrected chi connectivity index (χ4v) is 2.92. The van der Waals surface area contributed by atoms with Gasteiger partial charge in [0.1, 0.15) is 24.7 Å². The molecule has 154 valence electrons. The third-order valence-corrected chi connectivity index (χ3v) is 4.50. The lowest BCUT2D eigenvalue weighted by molar-refractivity contribution is 0.217. The molecule has 0 saturated heterocycles. The summed E-state index contributed by atoms with van der Waals surface area (Å²) in [4.78, 5) is 11.9. The average Bonchev–Trinajstić information content (AvgIpc) is 2.74. The van der Waals surface area contributed by atoms with Crippen LogP contribution in [0.2, 0.25) is 0 Å². The van der Waals surface area contributed by atoms with Crippen LogP contribution in [0.25, 0.3) is 0 Å². The predicted molar refractivity (Wildman–Crippen MR) is 123 cm³/mol. The van der Waals surface area contributed by atoms with Crippen molar-refractivity contribution in [1.82, 2.24) is 5.43 Å². The second-order valence-electron chi connectivity index (χ2n) is 6.38. The zero-order chi connectivity index (χ0) is 21.2. The van der Waals surface area contributed by atoms with Crippen molar-refractivity contribution in [1.29, 1.82) is 0 Å². The molecule has 0 heterocycles. The number of hydrazone groups is 1. The molecule has 0 aromatic heterocycles. The summed E-state index contributed by atoms with van der Waals surface area (Å²) < 4.78 is 12.4. The largest absolute Gasteiger partial charge is 0.490 e. The number of halogens is 1. The maximum absolute atomic E-state index is 11.9. The van der Waals surface area contributed by atoms with E-state index in [1.807, 2.05) is 67.6 Å². The number of nitrogens with one attached hydrogen (secondary N) is 2. The number of anilines is 1. The maximum atomic E-state index is 11.9. The zero-order valence-electron chi connectivity index (χ0n) is 16.5. The Bertz CT molecular complexity index is 992. The molecule has 3 aromatic rings. The van der Waals surface area contributed by atoms with E-state index in [1.165, 1.54) is 11.8 Å². The van der Waals surface area contributed by atoms with Crippen LogP contribution in [-0.2, 0) is 0 Å². The van der Waals surface area contributed by atoms with Crippen LogP contribution in [0, 0.1) is 6.92 Å². The third-order valence-electron chi connectivity index (χ3n) is 4.00. The minimum atomic E-state index is -0.429. The van der Waals surface area contributed by atoms with Crippen LogP contribution >= 0.6 is 15.9 Å². The van der Waals surface area contributed by atoms with Crippen LogP contribution in [0.3, 0.4) is 0 Å². The molecule has 0 atom stereocenters. The molecule has 3 rings (SSSR count). The first kappa shape index (κ1) is 21.4. The predicted octanol–water partition coefficient (Wildman–Crippen LogP) is 5.37. The fourth-order valence-electron chi connectivity index (χ4n) is 2.54. The number of carbonyl (C=O) groups excluding carboxylic acids is 1. The van der Waals surface area contributed by atoms with Gasteiger partial charge < -0.3 is 14.8 Å². The van der Waals surface area contributed by atoms with Gasteiger partial charge in [0.15, 0.2) is 0 Å². The van der Waals surface area contributed by atoms with E-state index in [0.29, 0.717) is 24.7 Å². The van der Waals surface area contributed by atoms with E-state index < -0.39 is 6.03 Å². The third kappa shape index (κ3) is 6.93. The van der Waals surface area contributed by atoms with Crippen molar-refractivity contribution >= 4 is 33.9 Å². The van der Waals surface area contributed by atoms with Crippen molar-refractivity contribution in [2.24, 2.45) is 5.10 Å². The lowest BCUT2D eigenvalue weighted by Gasteiger charge is -2.11. The molecule has 0 bridgehead atoms. The van der Waals surface area contributed by atoms with Gasteiger partial charge in [-0.25, -0.2) is 10.2 Å². The topological polar surface area (TPSA) is 72.0 Å². The number of hydrogen-bond donors (Lipinski definition) is 2. The number of hydrogen-bond acceptors (Lipinski definition) is 4. The van der Waals surface area contributed by atoms with Crippen molar-refractivity contribution in [2.75, 3.05) is 18.5 Å². The zero-order valence-corrected chi connectivity index (χ0v) is 18.1. The number of nitrogens with zero attached hydrogens (tertiary/aromatic N) is 1. The smallest absolute Gasteiger partial charge is 0.339 e. The Morgan fingerprint density at radius 1 is 1.00 bits per heavy atom. The Labute approximate surface area is 184 Å². The molecule has 0 spiro atoms. The van der Waals surface area contributed by atoms with E-state index in [1.54, 1.807) is 12.1 Å². The van der Waals surface area contributed by atoms with Gasteiger partial charge in [0.05, 0.1) is 6.21 Å². The molecular formula is C23H22BrN3O3. The number of aryl methyl sites for hydroxylation is 1. The highest BCUT2D eigenvalue weighted by molar-refractivity contribution is 9.10. The number of urea groups is 1. The quantitative estimate of drug-likeness (QED) is 0.265. The molecule has 0 aliphatic rings. The van der Waals surface area contributed by atoms with Crippen LogP contribution in [0.1, 0.15) is 11.1 Å². The lowest BCUT2D eigenvalue weighted by atomic mass is 10.2. The summed E-state index contributed by atoms with van der Waals surface area (Å²) in [5.74, 6) is 1.44. The highest BCUT2D eigenvalue weighted by Crippen LogP contribution is 2.22. The number of ether oxygens (including phenoxy) is 2. The summed E-state index contributed by atoms with van der Waals surface area (Å²) in [6.07, 6.45) is 1.53. The highest BCUT2D eigenvalue weighted by Gasteiger charge is 2.04. The Morgan fingerprint density at radius 2 is 1.73 bits per heavy atom. The molecule has 0 fully saturated rings. The first-order chi connectivity index (χ1) is 14.6. The molecule has 2 N–H and O–H groups in total. The van der Waals surface area contributed by atoms with Gasteiger partial charge in [0, 0.05) is 15.7 Å². The lowest BCUT2D eigenvalue weighted by Crippen LogP contribution is -2.24. The molecule has 3 aromatic carbocycles. The summed E-state index contributed by atoms with van der Waals surface area (Å²) in [5.41, 5.74) is 5.03. The highest BCUT2D eigenvalue weighted by atomic mass is 79.9. The number of benzene rings is 3. The molecular weight excluding hydrogens is 446 g/mol. The minimum Gasteiger partial charge on any atom is -0.490 e. The van der Waals surface area contributed by atoms with E-state index in [-0.39, 0.29) is 0 Å². The number of amides is 2. The van der Waals surface area contributed by atoms with Crippen molar-refractivity contribution in [3.8, 4) is 11.5 Å². The van der Waals surface area contributed by atoms with Gasteiger partial charge in [0.25, 0.3) is 0 Å². The number of rotatable bonds is 8. The molecule has 7 heteroatoms. The monoisotopic (exact) mass is 467 g/mol. The van der Waals surface area contributed by atoms with Gasteiger partial charge in [-0.15, -0.1) is 0 Å². The van der Waals surface area contributed by atoms with E-state index in [0.717, 1.165) is 15.8 Å². The van der Waals surface area contributed by atoms with Gasteiger partial charge in [-0.2, -0.15) is 5.10 Å². The van der Waals surface area contributed by atoms with E-state index in [4.69, 9.17) is 9.47 Å². The number of para-hydroxylation sites is 1. The second-order valence-corrected chi connectivity index (χ2v) is 7.30. The van der Waals surface area contributed by atoms with Crippen molar-refractivity contribution in [2.45, 2.75) is 6.92 Å². The van der Waals surface area contributed by atoms with E-state index >= 15 is 0 Å². The summed E-state index contributed by atoms with van der Waals surface area (Å²) in [6, 6.07) is 22.1. The van der Waals surface area contributed by atoms with Crippen molar-refractivity contribution in [3.63, 3.8) is 0 Å². The summed E-state index contributed by atoms with van der Waals surface area (Å²) in [7, 11) is 0. The minimum absolute atomic E-state index is 0.373. The maximum Gasteiger partial charge on any atom is 0.339 e. The van der Waals surface area contributed by atoms with Crippen molar-refractivity contribution in [3.05, 3.63) is 88.4 Å². The van der Waals surface area contributed by atoms with Crippen molar-refractivity contribution < 1.29 is 14.3 Å². The van der Waals surface area contributed by atoms with Crippen LogP contribution in [0.5, 0.6) is 11.5 Å². The van der Waals surface area contributed by atoms with Gasteiger partial charge in [-0.1, -0.05) is 51.8 Å². The van der Waals surface area contributed by atoms with Gasteiger partial charge in [0.2, 0.25) is 0 Å². The van der Waals surface area contributed by atoms with Crippen LogP contribution < -0.4 is 20.2 Å².